The maximum absolute atomic E-state index is 12.0. The van der Waals surface area contributed by atoms with E-state index in [0.29, 0.717) is 24.2 Å². The van der Waals surface area contributed by atoms with Gasteiger partial charge in [0, 0.05) is 12.5 Å². The van der Waals surface area contributed by atoms with Crippen molar-refractivity contribution in [2.45, 2.75) is 26.7 Å². The van der Waals surface area contributed by atoms with Crippen LogP contribution in [0, 0.1) is 0 Å². The number of aryl methyl sites for hydroxylation is 1. The molecule has 0 saturated carbocycles. The quantitative estimate of drug-likeness (QED) is 0.584. The first-order valence-electron chi connectivity index (χ1n) is 7.35. The van der Waals surface area contributed by atoms with E-state index in [4.69, 9.17) is 14.6 Å². The molecule has 1 aromatic carbocycles. The smallest absolute Gasteiger partial charge is 0.338 e. The van der Waals surface area contributed by atoms with Gasteiger partial charge in [-0.2, -0.15) is 0 Å². The molecule has 0 heterocycles. The number of carbonyl (C=O) groups is 3. The molecule has 0 aromatic heterocycles. The van der Waals surface area contributed by atoms with Crippen molar-refractivity contribution in [2.75, 3.05) is 13.2 Å². The van der Waals surface area contributed by atoms with E-state index in [1.165, 1.54) is 6.08 Å². The average molecular weight is 320 g/mol. The lowest BCUT2D eigenvalue weighted by atomic mass is 9.97. The highest BCUT2D eigenvalue weighted by Gasteiger charge is 2.15. The number of carboxylic acid groups (broad SMARTS) is 1. The Morgan fingerprint density at radius 1 is 1.13 bits per heavy atom. The van der Waals surface area contributed by atoms with Gasteiger partial charge in [0.05, 0.1) is 18.8 Å². The van der Waals surface area contributed by atoms with Crippen LogP contribution in [0.1, 0.15) is 41.8 Å². The third kappa shape index (κ3) is 5.94. The lowest BCUT2D eigenvalue weighted by Crippen LogP contribution is -2.10. The molecule has 1 aromatic rings. The highest BCUT2D eigenvalue weighted by atomic mass is 16.5. The summed E-state index contributed by atoms with van der Waals surface area (Å²) in [5.74, 6) is -2.00. The summed E-state index contributed by atoms with van der Waals surface area (Å²) >= 11 is 0. The van der Waals surface area contributed by atoms with Gasteiger partial charge in [-0.1, -0.05) is 12.1 Å². The Labute approximate surface area is 134 Å². The number of carbonyl (C=O) groups excluding carboxylic acids is 2. The van der Waals surface area contributed by atoms with Gasteiger partial charge in [-0.3, -0.25) is 4.79 Å². The van der Waals surface area contributed by atoms with E-state index in [1.807, 2.05) is 0 Å². The zero-order valence-corrected chi connectivity index (χ0v) is 13.2. The summed E-state index contributed by atoms with van der Waals surface area (Å²) in [6, 6.07) is 4.97. The minimum Gasteiger partial charge on any atom is -0.478 e. The summed E-state index contributed by atoms with van der Waals surface area (Å²) in [5, 5.41) is 8.81. The topological polar surface area (TPSA) is 89.9 Å². The molecule has 1 N–H and O–H groups in total. The largest absolute Gasteiger partial charge is 0.478 e. The first kappa shape index (κ1) is 18.4. The lowest BCUT2D eigenvalue weighted by molar-refractivity contribution is -0.143. The number of hydrogen-bond donors (Lipinski definition) is 1. The second kappa shape index (κ2) is 9.40. The molecule has 0 fully saturated rings. The number of aliphatic carboxylic acids is 1. The standard InChI is InChI=1S/C17H20O6/c1-3-22-16(20)11-8-12-6-5-7-14(17(21)23-4-2)13(12)9-10-15(18)19/h5-7,9-10H,3-4,8,11H2,1-2H3,(H,18,19)/b10-9+. The molecule has 0 aliphatic carbocycles. The molecule has 0 radical (unpaired) electrons. The van der Waals surface area contributed by atoms with Crippen LogP contribution in [0.3, 0.4) is 0 Å². The van der Waals surface area contributed by atoms with Crippen LogP contribution in [-0.4, -0.2) is 36.2 Å². The Kier molecular flexibility index (Phi) is 7.53. The van der Waals surface area contributed by atoms with E-state index < -0.39 is 11.9 Å². The van der Waals surface area contributed by atoms with Gasteiger partial charge in [-0.05, 0) is 43.5 Å². The molecule has 0 saturated heterocycles. The molecule has 0 aliphatic heterocycles. The summed E-state index contributed by atoms with van der Waals surface area (Å²) < 4.78 is 9.86. The van der Waals surface area contributed by atoms with Crippen LogP contribution in [0.25, 0.3) is 6.08 Å². The molecule has 0 aliphatic rings. The van der Waals surface area contributed by atoms with E-state index in [-0.39, 0.29) is 24.6 Å². The summed E-state index contributed by atoms with van der Waals surface area (Å²) in [7, 11) is 0. The van der Waals surface area contributed by atoms with Crippen molar-refractivity contribution in [3.8, 4) is 0 Å². The van der Waals surface area contributed by atoms with E-state index in [0.717, 1.165) is 6.08 Å². The van der Waals surface area contributed by atoms with Gasteiger partial charge in [0.15, 0.2) is 0 Å². The summed E-state index contributed by atoms with van der Waals surface area (Å²) in [6.45, 7) is 3.93. The van der Waals surface area contributed by atoms with E-state index in [2.05, 4.69) is 0 Å². The molecule has 6 heteroatoms. The number of benzene rings is 1. The molecule has 0 spiro atoms. The monoisotopic (exact) mass is 320 g/mol. The fraction of sp³-hybridized carbons (Fsp3) is 0.353. The number of esters is 2. The minimum atomic E-state index is -1.12. The summed E-state index contributed by atoms with van der Waals surface area (Å²) in [5.41, 5.74) is 1.39. The van der Waals surface area contributed by atoms with Gasteiger partial charge in [0.25, 0.3) is 0 Å². The van der Waals surface area contributed by atoms with Gasteiger partial charge < -0.3 is 14.6 Å². The van der Waals surface area contributed by atoms with Crippen molar-refractivity contribution in [1.82, 2.24) is 0 Å². The molecule has 0 atom stereocenters. The molecule has 124 valence electrons. The predicted octanol–water partition coefficient (Wildman–Crippen LogP) is 2.46. The number of ether oxygens (including phenoxy) is 2. The van der Waals surface area contributed by atoms with E-state index in [9.17, 15) is 14.4 Å². The van der Waals surface area contributed by atoms with Crippen molar-refractivity contribution in [2.24, 2.45) is 0 Å². The number of rotatable bonds is 8. The fourth-order valence-corrected chi connectivity index (χ4v) is 2.04. The van der Waals surface area contributed by atoms with Gasteiger partial charge in [0.2, 0.25) is 0 Å². The van der Waals surface area contributed by atoms with Gasteiger partial charge in [0.1, 0.15) is 0 Å². The van der Waals surface area contributed by atoms with E-state index in [1.54, 1.807) is 32.0 Å². The second-order valence-electron chi connectivity index (χ2n) is 4.58. The van der Waals surface area contributed by atoms with Crippen LogP contribution in [0.4, 0.5) is 0 Å². The van der Waals surface area contributed by atoms with Crippen LogP contribution in [0.15, 0.2) is 24.3 Å². The number of hydrogen-bond acceptors (Lipinski definition) is 5. The average Bonchev–Trinajstić information content (AvgIpc) is 2.51. The molecule has 0 amide bonds. The van der Waals surface area contributed by atoms with Crippen LogP contribution in [0.5, 0.6) is 0 Å². The molecule has 0 bridgehead atoms. The van der Waals surface area contributed by atoms with Crippen LogP contribution < -0.4 is 0 Å². The van der Waals surface area contributed by atoms with E-state index >= 15 is 0 Å². The maximum atomic E-state index is 12.0. The second-order valence-corrected chi connectivity index (χ2v) is 4.58. The van der Waals surface area contributed by atoms with Crippen molar-refractivity contribution < 1.29 is 29.0 Å². The third-order valence-corrected chi connectivity index (χ3v) is 2.99. The Hall–Kier alpha value is -2.63. The van der Waals surface area contributed by atoms with Crippen LogP contribution in [-0.2, 0) is 25.5 Å². The Bertz CT molecular complexity index is 603. The highest BCUT2D eigenvalue weighted by molar-refractivity contribution is 5.96. The lowest BCUT2D eigenvalue weighted by Gasteiger charge is -2.11. The Morgan fingerprint density at radius 2 is 1.83 bits per heavy atom. The zero-order chi connectivity index (χ0) is 17.2. The summed E-state index contributed by atoms with van der Waals surface area (Å²) in [4.78, 5) is 34.3. The fourth-order valence-electron chi connectivity index (χ4n) is 2.04. The van der Waals surface area contributed by atoms with Crippen molar-refractivity contribution in [1.29, 1.82) is 0 Å². The predicted molar refractivity (Wildman–Crippen MR) is 84.0 cm³/mol. The summed E-state index contributed by atoms with van der Waals surface area (Å²) in [6.07, 6.45) is 2.78. The maximum Gasteiger partial charge on any atom is 0.338 e. The molecule has 1 rings (SSSR count). The van der Waals surface area contributed by atoms with Crippen molar-refractivity contribution in [3.63, 3.8) is 0 Å². The highest BCUT2D eigenvalue weighted by Crippen LogP contribution is 2.20. The SMILES string of the molecule is CCOC(=O)CCc1cccc(C(=O)OCC)c1/C=C/C(=O)O. The minimum absolute atomic E-state index is 0.147. The van der Waals surface area contributed by atoms with Gasteiger partial charge in [-0.25, -0.2) is 9.59 Å². The van der Waals surface area contributed by atoms with Crippen LogP contribution in [0.2, 0.25) is 0 Å². The van der Waals surface area contributed by atoms with Crippen molar-refractivity contribution >= 4 is 24.0 Å². The third-order valence-electron chi connectivity index (χ3n) is 2.99. The Morgan fingerprint density at radius 3 is 2.43 bits per heavy atom. The number of carboxylic acids is 1. The Balaban J connectivity index is 3.12. The van der Waals surface area contributed by atoms with Crippen molar-refractivity contribution in [3.05, 3.63) is 41.0 Å². The zero-order valence-electron chi connectivity index (χ0n) is 13.2. The molecule has 6 nitrogen and oxygen atoms in total. The molecular weight excluding hydrogens is 300 g/mol. The molecular formula is C17H20O6. The normalized spacial score (nSPS) is 10.5. The first-order valence-corrected chi connectivity index (χ1v) is 7.35. The first-order chi connectivity index (χ1) is 11.0. The molecule has 0 unspecified atom stereocenters. The van der Waals surface area contributed by atoms with Crippen LogP contribution >= 0.6 is 0 Å². The van der Waals surface area contributed by atoms with Gasteiger partial charge in [-0.15, -0.1) is 0 Å². The molecule has 23 heavy (non-hydrogen) atoms. The van der Waals surface area contributed by atoms with Gasteiger partial charge >= 0.3 is 17.9 Å².